The van der Waals surface area contributed by atoms with Gasteiger partial charge < -0.3 is 15.5 Å². The quantitative estimate of drug-likeness (QED) is 0.766. The van der Waals surface area contributed by atoms with Crippen LogP contribution in [0.4, 0.5) is 11.4 Å². The lowest BCUT2D eigenvalue weighted by molar-refractivity contribution is -0.118. The van der Waals surface area contributed by atoms with Crippen LogP contribution in [0.1, 0.15) is 27.7 Å². The van der Waals surface area contributed by atoms with Crippen LogP contribution in [0.25, 0.3) is 0 Å². The Morgan fingerprint density at radius 1 is 1.29 bits per heavy atom. The van der Waals surface area contributed by atoms with E-state index in [2.05, 4.69) is 10.6 Å². The summed E-state index contributed by atoms with van der Waals surface area (Å²) < 4.78 is 0. The van der Waals surface area contributed by atoms with E-state index in [0.717, 1.165) is 17.1 Å². The molecule has 110 valence electrons. The number of carbonyl (C=O) groups excluding carboxylic acids is 2. The van der Waals surface area contributed by atoms with Crippen LogP contribution in [0.15, 0.2) is 35.5 Å². The van der Waals surface area contributed by atoms with E-state index in [4.69, 9.17) is 0 Å². The second-order valence-electron chi connectivity index (χ2n) is 6.07. The molecule has 2 aliphatic heterocycles. The van der Waals surface area contributed by atoms with Gasteiger partial charge in [-0.15, -0.1) is 0 Å². The summed E-state index contributed by atoms with van der Waals surface area (Å²) in [5.41, 5.74) is 2.65. The molecule has 1 atom stereocenters. The van der Waals surface area contributed by atoms with Crippen LogP contribution in [0.2, 0.25) is 0 Å². The fraction of sp³-hybridized carbons (Fsp3) is 0.375. The Labute approximate surface area is 124 Å². The van der Waals surface area contributed by atoms with E-state index in [1.807, 2.05) is 45.0 Å². The first-order valence-electron chi connectivity index (χ1n) is 7.06. The number of carbonyl (C=O) groups is 2. The van der Waals surface area contributed by atoms with Crippen molar-refractivity contribution in [2.24, 2.45) is 0 Å². The molecule has 0 saturated heterocycles. The summed E-state index contributed by atoms with van der Waals surface area (Å²) in [6, 6.07) is 7.32. The standard InChI is InChI=1S/C16H19N3O2/c1-9-13-14(16(3,4)18-15(13)21)17-11-7-5-6-8-12(11)19(9)10(2)20/h5-9,17H,1-4H3,(H,18,21). The van der Waals surface area contributed by atoms with Crippen molar-refractivity contribution >= 4 is 23.2 Å². The molecule has 1 aromatic rings. The van der Waals surface area contributed by atoms with Crippen LogP contribution >= 0.6 is 0 Å². The van der Waals surface area contributed by atoms with Crippen LogP contribution in [-0.2, 0) is 9.59 Å². The van der Waals surface area contributed by atoms with E-state index in [9.17, 15) is 9.59 Å². The van der Waals surface area contributed by atoms with Crippen LogP contribution < -0.4 is 15.5 Å². The molecule has 1 aromatic carbocycles. The number of amides is 2. The second-order valence-corrected chi connectivity index (χ2v) is 6.07. The van der Waals surface area contributed by atoms with Gasteiger partial charge in [0.25, 0.3) is 5.91 Å². The first-order valence-corrected chi connectivity index (χ1v) is 7.06. The molecule has 2 N–H and O–H groups in total. The van der Waals surface area contributed by atoms with Crippen molar-refractivity contribution < 1.29 is 9.59 Å². The molecule has 0 bridgehead atoms. The molecule has 0 radical (unpaired) electrons. The number of benzene rings is 1. The summed E-state index contributed by atoms with van der Waals surface area (Å²) in [6.07, 6.45) is 0. The Hall–Kier alpha value is -2.30. The molecular formula is C16H19N3O2. The van der Waals surface area contributed by atoms with E-state index < -0.39 is 5.54 Å². The van der Waals surface area contributed by atoms with E-state index in [1.54, 1.807) is 4.90 Å². The number of anilines is 2. The molecule has 0 fully saturated rings. The lowest BCUT2D eigenvalue weighted by Crippen LogP contribution is -2.42. The third kappa shape index (κ3) is 1.92. The third-order valence-corrected chi connectivity index (χ3v) is 4.13. The summed E-state index contributed by atoms with van der Waals surface area (Å²) in [5.74, 6) is -0.197. The van der Waals surface area contributed by atoms with Crippen molar-refractivity contribution in [3.8, 4) is 0 Å². The van der Waals surface area contributed by atoms with Gasteiger partial charge in [0.1, 0.15) is 0 Å². The highest BCUT2D eigenvalue weighted by Gasteiger charge is 2.44. The van der Waals surface area contributed by atoms with Gasteiger partial charge in [-0.25, -0.2) is 0 Å². The van der Waals surface area contributed by atoms with E-state index in [0.29, 0.717) is 5.57 Å². The van der Waals surface area contributed by atoms with E-state index in [1.165, 1.54) is 6.92 Å². The van der Waals surface area contributed by atoms with Crippen molar-refractivity contribution in [1.29, 1.82) is 0 Å². The first kappa shape index (κ1) is 13.7. The van der Waals surface area contributed by atoms with Gasteiger partial charge in [0, 0.05) is 6.92 Å². The lowest BCUT2D eigenvalue weighted by Gasteiger charge is -2.28. The van der Waals surface area contributed by atoms with Gasteiger partial charge in [-0.05, 0) is 32.9 Å². The van der Waals surface area contributed by atoms with E-state index >= 15 is 0 Å². The first-order chi connectivity index (χ1) is 9.83. The monoisotopic (exact) mass is 285 g/mol. The Morgan fingerprint density at radius 3 is 2.62 bits per heavy atom. The van der Waals surface area contributed by atoms with Crippen LogP contribution in [0.3, 0.4) is 0 Å². The highest BCUT2D eigenvalue weighted by Crippen LogP contribution is 2.39. The molecule has 0 saturated carbocycles. The Balaban J connectivity index is 2.25. The maximum Gasteiger partial charge on any atom is 0.251 e. The average molecular weight is 285 g/mol. The van der Waals surface area contributed by atoms with Gasteiger partial charge in [0.15, 0.2) is 0 Å². The number of nitrogens with zero attached hydrogens (tertiary/aromatic N) is 1. The molecule has 2 aliphatic rings. The Morgan fingerprint density at radius 2 is 1.95 bits per heavy atom. The predicted molar refractivity (Wildman–Crippen MR) is 81.9 cm³/mol. The lowest BCUT2D eigenvalue weighted by atomic mass is 9.98. The van der Waals surface area contributed by atoms with Gasteiger partial charge in [0.05, 0.1) is 34.2 Å². The molecule has 1 unspecified atom stereocenters. The fourth-order valence-corrected chi connectivity index (χ4v) is 3.19. The zero-order chi connectivity index (χ0) is 15.4. The molecule has 2 heterocycles. The van der Waals surface area contributed by atoms with Gasteiger partial charge in [0.2, 0.25) is 5.91 Å². The number of nitrogens with one attached hydrogen (secondary N) is 2. The smallest absolute Gasteiger partial charge is 0.251 e. The van der Waals surface area contributed by atoms with Crippen LogP contribution in [-0.4, -0.2) is 23.4 Å². The number of fused-ring (bicyclic) bond motifs is 1. The zero-order valence-electron chi connectivity index (χ0n) is 12.7. The summed E-state index contributed by atoms with van der Waals surface area (Å²) >= 11 is 0. The number of hydrogen-bond acceptors (Lipinski definition) is 3. The average Bonchev–Trinajstić information content (AvgIpc) is 2.53. The van der Waals surface area contributed by atoms with Crippen molar-refractivity contribution in [3.63, 3.8) is 0 Å². The normalized spacial score (nSPS) is 23.0. The van der Waals surface area contributed by atoms with E-state index in [-0.39, 0.29) is 17.9 Å². The number of rotatable bonds is 0. The summed E-state index contributed by atoms with van der Waals surface area (Å²) in [5, 5.41) is 6.33. The van der Waals surface area contributed by atoms with Crippen molar-refractivity contribution in [3.05, 3.63) is 35.5 Å². The Kier molecular flexibility index (Phi) is 2.83. The van der Waals surface area contributed by atoms with Crippen molar-refractivity contribution in [2.75, 3.05) is 10.2 Å². The van der Waals surface area contributed by atoms with Crippen LogP contribution in [0, 0.1) is 0 Å². The second kappa shape index (κ2) is 4.35. The molecule has 5 heteroatoms. The molecule has 21 heavy (non-hydrogen) atoms. The molecule has 0 aliphatic carbocycles. The molecule has 0 spiro atoms. The van der Waals surface area contributed by atoms with Crippen molar-refractivity contribution in [2.45, 2.75) is 39.3 Å². The minimum Gasteiger partial charge on any atom is -0.355 e. The number of hydrogen-bond donors (Lipinski definition) is 2. The summed E-state index contributed by atoms with van der Waals surface area (Å²) in [7, 11) is 0. The minimum absolute atomic E-state index is 0.0805. The molecule has 0 aromatic heterocycles. The van der Waals surface area contributed by atoms with Gasteiger partial charge in [-0.3, -0.25) is 9.59 Å². The predicted octanol–water partition coefficient (Wildman–Crippen LogP) is 2.02. The van der Waals surface area contributed by atoms with Gasteiger partial charge >= 0.3 is 0 Å². The highest BCUT2D eigenvalue weighted by atomic mass is 16.2. The maximum absolute atomic E-state index is 12.4. The van der Waals surface area contributed by atoms with Gasteiger partial charge in [-0.2, -0.15) is 0 Å². The largest absolute Gasteiger partial charge is 0.355 e. The molecule has 3 rings (SSSR count). The Bertz CT molecular complexity index is 676. The minimum atomic E-state index is -0.472. The fourth-order valence-electron chi connectivity index (χ4n) is 3.19. The van der Waals surface area contributed by atoms with Crippen molar-refractivity contribution in [1.82, 2.24) is 5.32 Å². The summed E-state index contributed by atoms with van der Waals surface area (Å²) in [6.45, 7) is 7.33. The number of para-hydroxylation sites is 2. The zero-order valence-corrected chi connectivity index (χ0v) is 12.7. The van der Waals surface area contributed by atoms with Gasteiger partial charge in [-0.1, -0.05) is 12.1 Å². The molecule has 5 nitrogen and oxygen atoms in total. The topological polar surface area (TPSA) is 61.4 Å². The SMILES string of the molecule is CC(=O)N1c2ccccc2NC2=C(C(=O)NC2(C)C)C1C. The highest BCUT2D eigenvalue weighted by molar-refractivity contribution is 6.06. The molecule has 2 amide bonds. The maximum atomic E-state index is 12.4. The third-order valence-electron chi connectivity index (χ3n) is 4.13. The van der Waals surface area contributed by atoms with Crippen LogP contribution in [0.5, 0.6) is 0 Å². The molecular weight excluding hydrogens is 266 g/mol. The summed E-state index contributed by atoms with van der Waals surface area (Å²) in [4.78, 5) is 26.2.